The van der Waals surface area contributed by atoms with Crippen molar-refractivity contribution in [3.05, 3.63) is 29.1 Å². The Morgan fingerprint density at radius 2 is 2.30 bits per heavy atom. The second kappa shape index (κ2) is 6.81. The van der Waals surface area contributed by atoms with Gasteiger partial charge < -0.3 is 14.8 Å². The summed E-state index contributed by atoms with van der Waals surface area (Å²) in [4.78, 5) is 37.2. The molecular weight excluding hydrogens is 340 g/mol. The van der Waals surface area contributed by atoms with Crippen molar-refractivity contribution in [2.75, 3.05) is 18.1 Å². The highest BCUT2D eigenvalue weighted by Gasteiger charge is 2.37. The Labute approximate surface area is 140 Å². The normalized spacial score (nSPS) is 26.3. The van der Waals surface area contributed by atoms with Crippen LogP contribution in [0.15, 0.2) is 27.7 Å². The molecule has 7 nitrogen and oxygen atoms in total. The van der Waals surface area contributed by atoms with E-state index in [0.29, 0.717) is 17.3 Å². The molecule has 2 aliphatic rings. The Morgan fingerprint density at radius 1 is 1.48 bits per heavy atom. The van der Waals surface area contributed by atoms with E-state index in [1.807, 2.05) is 0 Å². The van der Waals surface area contributed by atoms with E-state index >= 15 is 0 Å². The SMILES string of the molecule is O=C(CN1C(=O)SC(=Cc2ccco2)C1=O)N[C@@H]1CSC[C@@H]1O. The van der Waals surface area contributed by atoms with Gasteiger partial charge in [-0.15, -0.1) is 0 Å². The summed E-state index contributed by atoms with van der Waals surface area (Å²) >= 11 is 2.31. The largest absolute Gasteiger partial charge is 0.465 e. The highest BCUT2D eigenvalue weighted by atomic mass is 32.2. The third-order valence-corrected chi connectivity index (χ3v) is 5.47. The molecule has 23 heavy (non-hydrogen) atoms. The van der Waals surface area contributed by atoms with Crippen LogP contribution in [0.3, 0.4) is 0 Å². The van der Waals surface area contributed by atoms with Crippen LogP contribution in [0.1, 0.15) is 5.76 Å². The molecular formula is C14H14N2O5S2. The third-order valence-electron chi connectivity index (χ3n) is 3.39. The molecule has 3 rings (SSSR count). The number of hydrogen-bond donors (Lipinski definition) is 2. The quantitative estimate of drug-likeness (QED) is 0.775. The van der Waals surface area contributed by atoms with Crippen molar-refractivity contribution in [2.45, 2.75) is 12.1 Å². The number of imide groups is 1. The van der Waals surface area contributed by atoms with Gasteiger partial charge in [-0.2, -0.15) is 11.8 Å². The number of thioether (sulfide) groups is 2. The van der Waals surface area contributed by atoms with Gasteiger partial charge in [-0.25, -0.2) is 0 Å². The fourth-order valence-electron chi connectivity index (χ4n) is 2.22. The number of furan rings is 1. The van der Waals surface area contributed by atoms with Crippen molar-refractivity contribution in [2.24, 2.45) is 0 Å². The van der Waals surface area contributed by atoms with Crippen LogP contribution in [0.4, 0.5) is 4.79 Å². The van der Waals surface area contributed by atoms with Gasteiger partial charge in [0, 0.05) is 17.6 Å². The lowest BCUT2D eigenvalue weighted by Crippen LogP contribution is -2.47. The molecule has 0 aliphatic carbocycles. The van der Waals surface area contributed by atoms with Gasteiger partial charge in [0.1, 0.15) is 12.3 Å². The first-order valence-corrected chi connectivity index (χ1v) is 8.86. The zero-order chi connectivity index (χ0) is 16.4. The van der Waals surface area contributed by atoms with Gasteiger partial charge in [0.05, 0.1) is 23.3 Å². The number of hydrogen-bond acceptors (Lipinski definition) is 7. The minimum Gasteiger partial charge on any atom is -0.465 e. The van der Waals surface area contributed by atoms with Crippen LogP contribution in [-0.4, -0.2) is 57.3 Å². The maximum Gasteiger partial charge on any atom is 0.294 e. The molecule has 9 heteroatoms. The average Bonchev–Trinajstić information content (AvgIpc) is 3.20. The second-order valence-electron chi connectivity index (χ2n) is 5.06. The minimum absolute atomic E-state index is 0.217. The maximum absolute atomic E-state index is 12.2. The number of carbonyl (C=O) groups excluding carboxylic acids is 3. The second-order valence-corrected chi connectivity index (χ2v) is 7.13. The Hall–Kier alpha value is -1.71. The lowest BCUT2D eigenvalue weighted by Gasteiger charge is -2.18. The van der Waals surface area contributed by atoms with E-state index in [2.05, 4.69) is 5.32 Å². The lowest BCUT2D eigenvalue weighted by molar-refractivity contribution is -0.129. The molecule has 0 radical (unpaired) electrons. The molecule has 3 amide bonds. The molecule has 0 saturated carbocycles. The fourth-order valence-corrected chi connectivity index (χ4v) is 4.20. The van der Waals surface area contributed by atoms with E-state index in [9.17, 15) is 19.5 Å². The zero-order valence-electron chi connectivity index (χ0n) is 11.9. The minimum atomic E-state index is -0.599. The summed E-state index contributed by atoms with van der Waals surface area (Å²) in [5.41, 5.74) is 0. The van der Waals surface area contributed by atoms with Crippen LogP contribution in [0.5, 0.6) is 0 Å². The standard InChI is InChI=1S/C14H14N2O5S2/c17-10-7-22-6-9(10)15-12(18)5-16-13(19)11(23-14(16)20)4-8-2-1-3-21-8/h1-4,9-10,17H,5-7H2,(H,15,18)/t9-,10+/m1/s1. The van der Waals surface area contributed by atoms with E-state index in [1.165, 1.54) is 12.3 Å². The van der Waals surface area contributed by atoms with Crippen molar-refractivity contribution >= 4 is 46.7 Å². The number of aliphatic hydroxyl groups excluding tert-OH is 1. The molecule has 1 aromatic rings. The van der Waals surface area contributed by atoms with E-state index < -0.39 is 23.2 Å². The zero-order valence-corrected chi connectivity index (χ0v) is 13.6. The van der Waals surface area contributed by atoms with Crippen LogP contribution in [0.2, 0.25) is 0 Å². The first-order chi connectivity index (χ1) is 11.0. The Morgan fingerprint density at radius 3 is 2.96 bits per heavy atom. The van der Waals surface area contributed by atoms with Crippen LogP contribution in [0.25, 0.3) is 6.08 Å². The summed E-state index contributed by atoms with van der Waals surface area (Å²) in [6, 6.07) is 3.00. The summed E-state index contributed by atoms with van der Waals surface area (Å²) in [6.07, 6.45) is 2.34. The Bertz CT molecular complexity index is 658. The van der Waals surface area contributed by atoms with E-state index in [0.717, 1.165) is 16.7 Å². The van der Waals surface area contributed by atoms with Crippen molar-refractivity contribution in [1.29, 1.82) is 0 Å². The summed E-state index contributed by atoms with van der Waals surface area (Å²) in [6.45, 7) is -0.353. The van der Waals surface area contributed by atoms with Gasteiger partial charge >= 0.3 is 0 Å². The van der Waals surface area contributed by atoms with Gasteiger partial charge in [0.15, 0.2) is 0 Å². The van der Waals surface area contributed by atoms with E-state index in [4.69, 9.17) is 4.42 Å². The number of nitrogens with zero attached hydrogens (tertiary/aromatic N) is 1. The van der Waals surface area contributed by atoms with Crippen LogP contribution < -0.4 is 5.32 Å². The molecule has 1 aromatic heterocycles. The van der Waals surface area contributed by atoms with Gasteiger partial charge in [-0.1, -0.05) is 0 Å². The Kier molecular flexibility index (Phi) is 4.79. The summed E-state index contributed by atoms with van der Waals surface area (Å²) in [5, 5.41) is 11.8. The van der Waals surface area contributed by atoms with Gasteiger partial charge in [0.25, 0.3) is 11.1 Å². The molecule has 0 aromatic carbocycles. The molecule has 122 valence electrons. The number of carbonyl (C=O) groups is 3. The van der Waals surface area contributed by atoms with Gasteiger partial charge in [0.2, 0.25) is 5.91 Å². The molecule has 0 unspecified atom stereocenters. The summed E-state index contributed by atoms with van der Waals surface area (Å²) < 4.78 is 5.11. The van der Waals surface area contributed by atoms with Crippen LogP contribution in [0, 0.1) is 0 Å². The molecule has 2 N–H and O–H groups in total. The highest BCUT2D eigenvalue weighted by Crippen LogP contribution is 2.32. The highest BCUT2D eigenvalue weighted by molar-refractivity contribution is 8.18. The number of aliphatic hydroxyl groups is 1. The Balaban J connectivity index is 1.62. The maximum atomic E-state index is 12.2. The van der Waals surface area contributed by atoms with Crippen molar-refractivity contribution < 1.29 is 23.9 Å². The number of rotatable bonds is 4. The molecule has 3 heterocycles. The first kappa shape index (κ1) is 16.2. The molecule has 2 fully saturated rings. The molecule has 2 aliphatic heterocycles. The fraction of sp³-hybridized carbons (Fsp3) is 0.357. The summed E-state index contributed by atoms with van der Waals surface area (Å²) in [5.74, 6) is 0.669. The topological polar surface area (TPSA) is 99.9 Å². The smallest absolute Gasteiger partial charge is 0.294 e. The molecule has 0 bridgehead atoms. The van der Waals surface area contributed by atoms with E-state index in [-0.39, 0.29) is 17.5 Å². The van der Waals surface area contributed by atoms with E-state index in [1.54, 1.807) is 23.9 Å². The monoisotopic (exact) mass is 354 g/mol. The lowest BCUT2D eigenvalue weighted by atomic mass is 10.2. The van der Waals surface area contributed by atoms with Crippen molar-refractivity contribution in [3.8, 4) is 0 Å². The molecule has 0 spiro atoms. The number of amides is 3. The third kappa shape index (κ3) is 3.62. The van der Waals surface area contributed by atoms with Gasteiger partial charge in [-0.3, -0.25) is 19.3 Å². The molecule has 2 atom stereocenters. The van der Waals surface area contributed by atoms with Gasteiger partial charge in [-0.05, 0) is 23.9 Å². The number of nitrogens with one attached hydrogen (secondary N) is 1. The first-order valence-electron chi connectivity index (χ1n) is 6.88. The van der Waals surface area contributed by atoms with Crippen LogP contribution in [-0.2, 0) is 9.59 Å². The van der Waals surface area contributed by atoms with Crippen LogP contribution >= 0.6 is 23.5 Å². The van der Waals surface area contributed by atoms with Crippen molar-refractivity contribution in [1.82, 2.24) is 10.2 Å². The predicted molar refractivity (Wildman–Crippen MR) is 86.6 cm³/mol. The average molecular weight is 354 g/mol. The predicted octanol–water partition coefficient (Wildman–Crippen LogP) is 0.908. The molecule has 2 saturated heterocycles. The van der Waals surface area contributed by atoms with Crippen molar-refractivity contribution in [3.63, 3.8) is 0 Å². The summed E-state index contributed by atoms with van der Waals surface area (Å²) in [7, 11) is 0.